The summed E-state index contributed by atoms with van der Waals surface area (Å²) in [6.07, 6.45) is 4.93. The van der Waals surface area contributed by atoms with Gasteiger partial charge >= 0.3 is 5.91 Å². The summed E-state index contributed by atoms with van der Waals surface area (Å²) in [6.45, 7) is 7.92. The maximum atomic E-state index is 13.5. The molecule has 1 N–H and O–H groups in total. The van der Waals surface area contributed by atoms with Crippen molar-refractivity contribution in [3.63, 3.8) is 0 Å². The minimum atomic E-state index is -0.951. The molecule has 5 rings (SSSR count). The van der Waals surface area contributed by atoms with Crippen molar-refractivity contribution in [2.75, 3.05) is 18.1 Å². The third-order valence-corrected chi connectivity index (χ3v) is 6.71. The number of aromatic nitrogens is 3. The van der Waals surface area contributed by atoms with Gasteiger partial charge in [-0.1, -0.05) is 24.8 Å². The van der Waals surface area contributed by atoms with Crippen LogP contribution >= 0.6 is 11.3 Å². The number of aliphatic hydroxyl groups excluding tert-OH is 1. The van der Waals surface area contributed by atoms with Gasteiger partial charge in [0, 0.05) is 17.8 Å². The first-order valence-electron chi connectivity index (χ1n) is 11.6. The van der Waals surface area contributed by atoms with E-state index in [-0.39, 0.29) is 17.9 Å². The monoisotopic (exact) mass is 516 g/mol. The van der Waals surface area contributed by atoms with Crippen molar-refractivity contribution < 1.29 is 24.2 Å². The Bertz CT molecular complexity index is 1540. The van der Waals surface area contributed by atoms with Crippen molar-refractivity contribution in [1.82, 2.24) is 14.4 Å². The number of carbonyl (C=O) groups is 2. The number of hydrogen-bond acceptors (Lipinski definition) is 8. The zero-order valence-electron chi connectivity index (χ0n) is 20.2. The molecule has 1 aromatic carbocycles. The number of aliphatic hydroxyl groups is 1. The molecule has 0 aliphatic carbocycles. The maximum absolute atomic E-state index is 13.5. The van der Waals surface area contributed by atoms with Gasteiger partial charge in [-0.15, -0.1) is 11.3 Å². The Balaban J connectivity index is 1.74. The van der Waals surface area contributed by atoms with E-state index in [2.05, 4.69) is 16.5 Å². The van der Waals surface area contributed by atoms with E-state index in [4.69, 9.17) is 9.47 Å². The lowest BCUT2D eigenvalue weighted by molar-refractivity contribution is -0.132. The van der Waals surface area contributed by atoms with Crippen molar-refractivity contribution in [2.24, 2.45) is 0 Å². The summed E-state index contributed by atoms with van der Waals surface area (Å²) >= 11 is 1.22. The Morgan fingerprint density at radius 3 is 2.78 bits per heavy atom. The van der Waals surface area contributed by atoms with E-state index >= 15 is 0 Å². The average Bonchev–Trinajstić information content (AvgIpc) is 3.60. The molecule has 1 amide bonds. The lowest BCUT2D eigenvalue weighted by atomic mass is 9.96. The van der Waals surface area contributed by atoms with E-state index in [1.807, 2.05) is 13.0 Å². The summed E-state index contributed by atoms with van der Waals surface area (Å²) in [4.78, 5) is 36.9. The first kappa shape index (κ1) is 24.3. The Morgan fingerprint density at radius 2 is 2.05 bits per heavy atom. The molecule has 10 heteroatoms. The lowest BCUT2D eigenvalue weighted by Crippen LogP contribution is -2.29. The van der Waals surface area contributed by atoms with E-state index in [9.17, 15) is 14.7 Å². The number of carbonyl (C=O) groups excluding carboxylic acids is 2. The number of anilines is 1. The molecule has 1 fully saturated rings. The van der Waals surface area contributed by atoms with Gasteiger partial charge in [-0.3, -0.25) is 18.9 Å². The average molecular weight is 517 g/mol. The third-order valence-electron chi connectivity index (χ3n) is 5.94. The van der Waals surface area contributed by atoms with Crippen LogP contribution in [-0.4, -0.2) is 44.4 Å². The van der Waals surface area contributed by atoms with Crippen LogP contribution < -0.4 is 14.4 Å². The van der Waals surface area contributed by atoms with Crippen LogP contribution in [0.2, 0.25) is 0 Å². The molecule has 1 aliphatic heterocycles. The van der Waals surface area contributed by atoms with Crippen LogP contribution in [0.15, 0.2) is 72.4 Å². The first-order valence-corrected chi connectivity index (χ1v) is 12.5. The summed E-state index contributed by atoms with van der Waals surface area (Å²) in [5, 5.41) is 13.7. The van der Waals surface area contributed by atoms with Gasteiger partial charge in [-0.05, 0) is 43.7 Å². The van der Waals surface area contributed by atoms with Crippen LogP contribution in [0.3, 0.4) is 0 Å². The van der Waals surface area contributed by atoms with E-state index in [0.717, 1.165) is 0 Å². The number of benzene rings is 1. The highest BCUT2D eigenvalue weighted by Crippen LogP contribution is 2.45. The summed E-state index contributed by atoms with van der Waals surface area (Å²) in [7, 11) is 0. The van der Waals surface area contributed by atoms with Crippen LogP contribution in [0.5, 0.6) is 11.5 Å². The second-order valence-corrected chi connectivity index (χ2v) is 9.07. The largest absolute Gasteiger partial charge is 0.505 e. The number of Topliss-reactive ketones (excluding diaryl/α,β-unsaturated/α-hetero) is 1. The van der Waals surface area contributed by atoms with Gasteiger partial charge in [-0.25, -0.2) is 9.97 Å². The molecule has 0 spiro atoms. The molecular weight excluding hydrogens is 492 g/mol. The predicted molar refractivity (Wildman–Crippen MR) is 140 cm³/mol. The number of aryl methyl sites for hydroxylation is 1. The molecule has 1 saturated heterocycles. The maximum Gasteiger partial charge on any atom is 0.301 e. The van der Waals surface area contributed by atoms with E-state index < -0.39 is 17.7 Å². The van der Waals surface area contributed by atoms with Crippen molar-refractivity contribution in [3.8, 4) is 11.5 Å². The topological polar surface area (TPSA) is 106 Å². The minimum absolute atomic E-state index is 0.0591. The molecule has 0 radical (unpaired) electrons. The molecule has 1 atom stereocenters. The summed E-state index contributed by atoms with van der Waals surface area (Å²) in [5.74, 6) is -0.971. The second kappa shape index (κ2) is 9.90. The summed E-state index contributed by atoms with van der Waals surface area (Å²) in [6, 6.07) is 9.65. The number of ketones is 1. The number of thiazole rings is 1. The smallest absolute Gasteiger partial charge is 0.301 e. The molecular formula is C27H24N4O5S. The standard InChI is InChI=1S/C27H24N4O5S/c1-4-13-36-18-10-9-17(15-19(18)35-5-2)23-21(25(33)26(34)31(23)27-28-11-14-37-27)24(32)22-16(3)29-20-8-6-7-12-30(20)22/h4,6-12,14-15,23,32H,1,5,13H2,2-3H3. The lowest BCUT2D eigenvalue weighted by Gasteiger charge is -2.24. The number of hydrogen-bond donors (Lipinski definition) is 1. The van der Waals surface area contributed by atoms with Crippen LogP contribution in [0, 0.1) is 6.92 Å². The van der Waals surface area contributed by atoms with Gasteiger partial charge in [0.1, 0.15) is 17.9 Å². The predicted octanol–water partition coefficient (Wildman–Crippen LogP) is 4.69. The van der Waals surface area contributed by atoms with E-state index in [0.29, 0.717) is 45.8 Å². The zero-order valence-corrected chi connectivity index (χ0v) is 21.1. The Kier molecular flexibility index (Phi) is 6.49. The van der Waals surface area contributed by atoms with E-state index in [1.165, 1.54) is 16.2 Å². The van der Waals surface area contributed by atoms with Crippen LogP contribution in [0.1, 0.15) is 29.9 Å². The quantitative estimate of drug-likeness (QED) is 0.157. The normalized spacial score (nSPS) is 16.9. The van der Waals surface area contributed by atoms with Gasteiger partial charge < -0.3 is 14.6 Å². The van der Waals surface area contributed by atoms with Gasteiger partial charge in [0.25, 0.3) is 5.78 Å². The van der Waals surface area contributed by atoms with Crippen molar-refractivity contribution in [3.05, 3.63) is 89.4 Å². The number of ether oxygens (including phenoxy) is 2. The van der Waals surface area contributed by atoms with Crippen molar-refractivity contribution in [1.29, 1.82) is 0 Å². The zero-order chi connectivity index (χ0) is 26.1. The Hall–Kier alpha value is -4.44. The fourth-order valence-electron chi connectivity index (χ4n) is 4.44. The second-order valence-electron chi connectivity index (χ2n) is 8.20. The van der Waals surface area contributed by atoms with Gasteiger partial charge in [0.15, 0.2) is 22.4 Å². The molecule has 3 aromatic heterocycles. The van der Waals surface area contributed by atoms with Crippen LogP contribution in [0.25, 0.3) is 11.4 Å². The molecule has 1 unspecified atom stereocenters. The third kappa shape index (κ3) is 4.15. The molecule has 37 heavy (non-hydrogen) atoms. The van der Waals surface area contributed by atoms with Crippen LogP contribution in [-0.2, 0) is 9.59 Å². The van der Waals surface area contributed by atoms with Crippen LogP contribution in [0.4, 0.5) is 5.13 Å². The number of amides is 1. The summed E-state index contributed by atoms with van der Waals surface area (Å²) in [5.41, 5.74) is 1.96. The Morgan fingerprint density at radius 1 is 1.22 bits per heavy atom. The Labute approximate surface area is 216 Å². The van der Waals surface area contributed by atoms with Crippen molar-refractivity contribution >= 4 is 39.6 Å². The fraction of sp³-hybridized carbons (Fsp3) is 0.185. The molecule has 0 bridgehead atoms. The number of fused-ring (bicyclic) bond motifs is 1. The van der Waals surface area contributed by atoms with Crippen molar-refractivity contribution in [2.45, 2.75) is 19.9 Å². The number of nitrogens with zero attached hydrogens (tertiary/aromatic N) is 4. The van der Waals surface area contributed by atoms with Gasteiger partial charge in [0.2, 0.25) is 0 Å². The first-order chi connectivity index (χ1) is 18.0. The minimum Gasteiger partial charge on any atom is -0.505 e. The molecule has 188 valence electrons. The molecule has 4 aromatic rings. The number of imidazole rings is 1. The van der Waals surface area contributed by atoms with Gasteiger partial charge in [0.05, 0.1) is 23.9 Å². The highest BCUT2D eigenvalue weighted by Gasteiger charge is 2.48. The highest BCUT2D eigenvalue weighted by atomic mass is 32.1. The number of pyridine rings is 1. The van der Waals surface area contributed by atoms with E-state index in [1.54, 1.807) is 65.5 Å². The molecule has 9 nitrogen and oxygen atoms in total. The summed E-state index contributed by atoms with van der Waals surface area (Å²) < 4.78 is 13.2. The SMILES string of the molecule is C=CCOc1ccc(C2C(=C(O)c3c(C)nc4ccccn34)C(=O)C(=O)N2c2nccs2)cc1OCC. The molecule has 0 saturated carbocycles. The molecule has 1 aliphatic rings. The highest BCUT2D eigenvalue weighted by molar-refractivity contribution is 7.14. The molecule has 4 heterocycles. The van der Waals surface area contributed by atoms with Gasteiger partial charge in [-0.2, -0.15) is 0 Å². The number of rotatable bonds is 8. The fourth-order valence-corrected chi connectivity index (χ4v) is 5.10.